The Balaban J connectivity index is 1.59. The van der Waals surface area contributed by atoms with Crippen LogP contribution in [-0.2, 0) is 15.9 Å². The zero-order chi connectivity index (χ0) is 23.8. The largest absolute Gasteiger partial charge is 0.474 e. The van der Waals surface area contributed by atoms with Gasteiger partial charge in [-0.25, -0.2) is 19.2 Å². The van der Waals surface area contributed by atoms with Crippen molar-refractivity contribution in [2.24, 2.45) is 0 Å². The average molecular weight is 461 g/mol. The van der Waals surface area contributed by atoms with Crippen molar-refractivity contribution in [3.63, 3.8) is 0 Å². The maximum absolute atomic E-state index is 14.6. The van der Waals surface area contributed by atoms with Gasteiger partial charge in [-0.3, -0.25) is 0 Å². The summed E-state index contributed by atoms with van der Waals surface area (Å²) < 4.78 is 31.0. The molecule has 33 heavy (non-hydrogen) atoms. The molecule has 1 aliphatic rings. The average Bonchev–Trinajstić information content (AvgIpc) is 2.78. The van der Waals surface area contributed by atoms with E-state index in [2.05, 4.69) is 15.3 Å². The summed E-state index contributed by atoms with van der Waals surface area (Å²) in [5, 5.41) is 3.05. The van der Waals surface area contributed by atoms with Gasteiger partial charge < -0.3 is 24.4 Å². The molecular formula is C24H33FN4O4. The lowest BCUT2D eigenvalue weighted by Crippen LogP contribution is -2.42. The second-order valence-electron chi connectivity index (χ2n) is 8.42. The Morgan fingerprint density at radius 3 is 2.70 bits per heavy atom. The lowest BCUT2D eigenvalue weighted by atomic mass is 10.1. The summed E-state index contributed by atoms with van der Waals surface area (Å²) in [4.78, 5) is 22.3. The van der Waals surface area contributed by atoms with Crippen LogP contribution in [0.2, 0.25) is 0 Å². The van der Waals surface area contributed by atoms with Crippen molar-refractivity contribution >= 4 is 17.6 Å². The number of rotatable bonds is 9. The topological polar surface area (TPSA) is 85.8 Å². The molecule has 3 rings (SSSR count). The summed E-state index contributed by atoms with van der Waals surface area (Å²) in [6, 6.07) is 5.14. The van der Waals surface area contributed by atoms with Crippen molar-refractivity contribution in [3.05, 3.63) is 41.5 Å². The second-order valence-corrected chi connectivity index (χ2v) is 8.42. The number of carbonyl (C=O) groups excluding carboxylic acids is 1. The van der Waals surface area contributed by atoms with Gasteiger partial charge in [0.15, 0.2) is 0 Å². The van der Waals surface area contributed by atoms with Crippen LogP contribution < -0.4 is 10.1 Å². The van der Waals surface area contributed by atoms with E-state index in [1.807, 2.05) is 26.8 Å². The minimum atomic E-state index is -0.342. The van der Waals surface area contributed by atoms with Crippen molar-refractivity contribution < 1.29 is 23.4 Å². The number of piperidine rings is 1. The Kier molecular flexibility index (Phi) is 8.82. The lowest BCUT2D eigenvalue weighted by Gasteiger charge is -2.32. The van der Waals surface area contributed by atoms with Gasteiger partial charge in [-0.2, -0.15) is 0 Å². The van der Waals surface area contributed by atoms with Gasteiger partial charge in [0.05, 0.1) is 17.4 Å². The van der Waals surface area contributed by atoms with Gasteiger partial charge in [0.2, 0.25) is 5.88 Å². The number of hydrogen-bond donors (Lipinski definition) is 1. The molecule has 8 nitrogen and oxygen atoms in total. The predicted octanol–water partition coefficient (Wildman–Crippen LogP) is 4.63. The van der Waals surface area contributed by atoms with Crippen LogP contribution in [-0.4, -0.2) is 60.0 Å². The smallest absolute Gasteiger partial charge is 0.410 e. The Labute approximate surface area is 194 Å². The van der Waals surface area contributed by atoms with Crippen LogP contribution in [0.3, 0.4) is 0 Å². The fourth-order valence-corrected chi connectivity index (χ4v) is 3.63. The van der Waals surface area contributed by atoms with Crippen LogP contribution in [0.15, 0.2) is 24.5 Å². The number of halogens is 1. The molecule has 0 radical (unpaired) electrons. The third-order valence-electron chi connectivity index (χ3n) is 5.45. The first-order valence-electron chi connectivity index (χ1n) is 11.4. The Morgan fingerprint density at radius 2 is 2.03 bits per heavy atom. The first-order chi connectivity index (χ1) is 15.9. The van der Waals surface area contributed by atoms with Gasteiger partial charge in [0, 0.05) is 39.6 Å². The number of anilines is 2. The summed E-state index contributed by atoms with van der Waals surface area (Å²) in [6.07, 6.45) is 3.85. The maximum atomic E-state index is 14.6. The molecule has 2 heterocycles. The molecule has 1 N–H and O–H groups in total. The SMILES string of the molecule is COCCCc1ccc(Nc2ncnc(OC3CCN(C(=O)OC(C)C)CC3)c2C)c(F)c1. The molecular weight excluding hydrogens is 427 g/mol. The number of amides is 1. The third-order valence-corrected chi connectivity index (χ3v) is 5.45. The molecule has 1 aromatic heterocycles. The van der Waals surface area contributed by atoms with Crippen LogP contribution in [0.1, 0.15) is 44.2 Å². The van der Waals surface area contributed by atoms with Gasteiger partial charge in [-0.15, -0.1) is 0 Å². The van der Waals surface area contributed by atoms with Gasteiger partial charge in [-0.1, -0.05) is 6.07 Å². The zero-order valence-electron chi connectivity index (χ0n) is 19.8. The molecule has 0 atom stereocenters. The predicted molar refractivity (Wildman–Crippen MR) is 123 cm³/mol. The minimum Gasteiger partial charge on any atom is -0.474 e. The van der Waals surface area contributed by atoms with Crippen LogP contribution >= 0.6 is 0 Å². The highest BCUT2D eigenvalue weighted by Crippen LogP contribution is 2.28. The molecule has 0 unspecified atom stereocenters. The highest BCUT2D eigenvalue weighted by Gasteiger charge is 2.26. The molecule has 180 valence electrons. The number of nitrogens with one attached hydrogen (secondary N) is 1. The molecule has 0 aliphatic carbocycles. The maximum Gasteiger partial charge on any atom is 0.410 e. The number of benzene rings is 1. The highest BCUT2D eigenvalue weighted by atomic mass is 19.1. The molecule has 1 amide bonds. The van der Waals surface area contributed by atoms with E-state index < -0.39 is 0 Å². The number of aromatic nitrogens is 2. The molecule has 1 saturated heterocycles. The Bertz CT molecular complexity index is 933. The number of likely N-dealkylation sites (tertiary alicyclic amines) is 1. The normalized spacial score (nSPS) is 14.4. The van der Waals surface area contributed by atoms with Gasteiger partial charge in [0.25, 0.3) is 0 Å². The van der Waals surface area contributed by atoms with E-state index >= 15 is 0 Å². The van der Waals surface area contributed by atoms with E-state index in [-0.39, 0.29) is 24.1 Å². The first kappa shape index (κ1) is 24.7. The van der Waals surface area contributed by atoms with Crippen LogP contribution in [0, 0.1) is 12.7 Å². The number of ether oxygens (including phenoxy) is 3. The summed E-state index contributed by atoms with van der Waals surface area (Å²) in [6.45, 7) is 7.28. The van der Waals surface area contributed by atoms with Crippen LogP contribution in [0.5, 0.6) is 5.88 Å². The van der Waals surface area contributed by atoms with Crippen molar-refractivity contribution in [1.82, 2.24) is 14.9 Å². The summed E-state index contributed by atoms with van der Waals surface area (Å²) in [7, 11) is 1.66. The summed E-state index contributed by atoms with van der Waals surface area (Å²) in [5.41, 5.74) is 1.96. The van der Waals surface area contributed by atoms with E-state index in [9.17, 15) is 9.18 Å². The van der Waals surface area contributed by atoms with Crippen molar-refractivity contribution in [2.45, 2.75) is 58.7 Å². The van der Waals surface area contributed by atoms with Crippen molar-refractivity contribution in [2.75, 3.05) is 32.1 Å². The van der Waals surface area contributed by atoms with E-state index in [0.717, 1.165) is 18.4 Å². The summed E-state index contributed by atoms with van der Waals surface area (Å²) in [5.74, 6) is 0.599. The van der Waals surface area contributed by atoms with Crippen LogP contribution in [0.25, 0.3) is 0 Å². The van der Waals surface area contributed by atoms with E-state index in [1.165, 1.54) is 12.4 Å². The Morgan fingerprint density at radius 1 is 1.27 bits per heavy atom. The van der Waals surface area contributed by atoms with Gasteiger partial charge in [0.1, 0.15) is 24.1 Å². The molecule has 2 aromatic rings. The van der Waals surface area contributed by atoms with Gasteiger partial charge in [-0.05, 0) is 51.3 Å². The molecule has 1 fully saturated rings. The quantitative estimate of drug-likeness (QED) is 0.546. The zero-order valence-corrected chi connectivity index (χ0v) is 19.8. The van der Waals surface area contributed by atoms with E-state index in [1.54, 1.807) is 18.1 Å². The standard InChI is InChI=1S/C24H33FN4O4/c1-16(2)32-24(30)29-11-9-19(10-12-29)33-23-17(3)22(26-15-27-23)28-21-8-7-18(14-20(21)25)6-5-13-31-4/h7-8,14-16,19H,5-6,9-13H2,1-4H3,(H,26,27,28). The molecule has 0 bridgehead atoms. The second kappa shape index (κ2) is 11.8. The monoisotopic (exact) mass is 460 g/mol. The van der Waals surface area contributed by atoms with Gasteiger partial charge >= 0.3 is 6.09 Å². The summed E-state index contributed by atoms with van der Waals surface area (Å²) >= 11 is 0. The van der Waals surface area contributed by atoms with Crippen LogP contribution in [0.4, 0.5) is 20.7 Å². The number of aryl methyl sites for hydroxylation is 1. The fourth-order valence-electron chi connectivity index (χ4n) is 3.63. The number of carbonyl (C=O) groups is 1. The Hall–Kier alpha value is -2.94. The van der Waals surface area contributed by atoms with E-state index in [4.69, 9.17) is 14.2 Å². The fraction of sp³-hybridized carbons (Fsp3) is 0.542. The highest BCUT2D eigenvalue weighted by molar-refractivity contribution is 5.68. The molecule has 0 saturated carbocycles. The first-order valence-corrected chi connectivity index (χ1v) is 11.4. The van der Waals surface area contributed by atoms with Crippen molar-refractivity contribution in [3.8, 4) is 5.88 Å². The minimum absolute atomic E-state index is 0.0716. The molecule has 0 spiro atoms. The number of hydrogen-bond acceptors (Lipinski definition) is 7. The van der Waals surface area contributed by atoms with E-state index in [0.29, 0.717) is 55.5 Å². The van der Waals surface area contributed by atoms with Crippen molar-refractivity contribution in [1.29, 1.82) is 0 Å². The lowest BCUT2D eigenvalue weighted by molar-refractivity contribution is 0.0505. The number of nitrogens with zero attached hydrogens (tertiary/aromatic N) is 3. The number of methoxy groups -OCH3 is 1. The molecule has 9 heteroatoms. The third kappa shape index (κ3) is 7.02. The molecule has 1 aliphatic heterocycles. The molecule has 1 aromatic carbocycles.